The van der Waals surface area contributed by atoms with Crippen LogP contribution in [-0.4, -0.2) is 0 Å². The number of nitrogens with zero attached hydrogens (tertiary/aromatic N) is 1. The smallest absolute Gasteiger partial charge is 0.149 e. The molecule has 0 saturated heterocycles. The summed E-state index contributed by atoms with van der Waals surface area (Å²) in [5.41, 5.74) is -0.0682. The van der Waals surface area contributed by atoms with Crippen LogP contribution < -0.4 is 0 Å². The molecule has 0 fully saturated rings. The van der Waals surface area contributed by atoms with Gasteiger partial charge in [0.05, 0.1) is 0 Å². The minimum absolute atomic E-state index is 0.792. The summed E-state index contributed by atoms with van der Waals surface area (Å²) in [5, 5.41) is 7.08. The van der Waals surface area contributed by atoms with Crippen LogP contribution in [0.4, 0.5) is 0 Å². The van der Waals surface area contributed by atoms with Crippen molar-refractivity contribution in [3.63, 3.8) is 0 Å². The predicted octanol–water partition coefficient (Wildman–Crippen LogP) is 5.00. The molecule has 0 aliphatic carbocycles. The standard InChI is InChI=1S/C15H10ClNO/c16-15(17-18)14-12-7-3-1-5-10(12)9-11-6-2-4-8-13(11)14/h1-9,15H. The van der Waals surface area contributed by atoms with Gasteiger partial charge in [-0.15, -0.1) is 4.91 Å². The van der Waals surface area contributed by atoms with Gasteiger partial charge >= 0.3 is 0 Å². The lowest BCUT2D eigenvalue weighted by molar-refractivity contribution is 1.03. The number of benzene rings is 3. The van der Waals surface area contributed by atoms with E-state index in [1.54, 1.807) is 0 Å². The minimum Gasteiger partial charge on any atom is -0.149 e. The topological polar surface area (TPSA) is 29.4 Å². The fraction of sp³-hybridized carbons (Fsp3) is 0.0667. The molecule has 88 valence electrons. The van der Waals surface area contributed by atoms with Gasteiger partial charge in [0.2, 0.25) is 0 Å². The third kappa shape index (κ3) is 1.66. The fourth-order valence-electron chi connectivity index (χ4n) is 2.36. The van der Waals surface area contributed by atoms with E-state index in [1.807, 2.05) is 48.5 Å². The van der Waals surface area contributed by atoms with Gasteiger partial charge in [-0.3, -0.25) is 0 Å². The van der Waals surface area contributed by atoms with E-state index in [2.05, 4.69) is 11.2 Å². The van der Waals surface area contributed by atoms with Crippen LogP contribution in [0.2, 0.25) is 0 Å². The van der Waals surface area contributed by atoms with E-state index in [4.69, 9.17) is 11.6 Å². The molecule has 0 saturated carbocycles. The highest BCUT2D eigenvalue weighted by Crippen LogP contribution is 2.36. The molecule has 0 radical (unpaired) electrons. The lowest BCUT2D eigenvalue weighted by Gasteiger charge is -2.11. The lowest BCUT2D eigenvalue weighted by Crippen LogP contribution is -1.91. The highest BCUT2D eigenvalue weighted by Gasteiger charge is 2.15. The molecule has 0 aliphatic rings. The van der Waals surface area contributed by atoms with E-state index in [-0.39, 0.29) is 0 Å². The van der Waals surface area contributed by atoms with Crippen LogP contribution in [0.5, 0.6) is 0 Å². The quantitative estimate of drug-likeness (QED) is 0.274. The largest absolute Gasteiger partial charge is 0.191 e. The van der Waals surface area contributed by atoms with E-state index in [0.29, 0.717) is 0 Å². The highest BCUT2D eigenvalue weighted by molar-refractivity contribution is 6.23. The Labute approximate surface area is 109 Å². The van der Waals surface area contributed by atoms with Gasteiger partial charge < -0.3 is 0 Å². The Bertz CT molecular complexity index is 685. The molecular weight excluding hydrogens is 246 g/mol. The van der Waals surface area contributed by atoms with Crippen LogP contribution in [0.15, 0.2) is 59.8 Å². The van der Waals surface area contributed by atoms with Crippen molar-refractivity contribution >= 4 is 33.1 Å². The molecule has 0 N–H and O–H groups in total. The van der Waals surface area contributed by atoms with E-state index in [1.165, 1.54) is 0 Å². The summed E-state index contributed by atoms with van der Waals surface area (Å²) in [4.78, 5) is 10.8. The number of alkyl halides is 1. The predicted molar refractivity (Wildman–Crippen MR) is 75.8 cm³/mol. The van der Waals surface area contributed by atoms with Gasteiger partial charge in [-0.2, -0.15) is 0 Å². The van der Waals surface area contributed by atoms with Crippen LogP contribution in [0, 0.1) is 4.91 Å². The molecule has 3 heteroatoms. The summed E-state index contributed by atoms with van der Waals surface area (Å²) in [6.45, 7) is 0. The summed E-state index contributed by atoms with van der Waals surface area (Å²) in [5.74, 6) is 0. The van der Waals surface area contributed by atoms with Crippen LogP contribution in [0.25, 0.3) is 21.5 Å². The van der Waals surface area contributed by atoms with Crippen molar-refractivity contribution in [3.8, 4) is 0 Å². The van der Waals surface area contributed by atoms with E-state index in [0.717, 1.165) is 27.1 Å². The monoisotopic (exact) mass is 255 g/mol. The fourth-order valence-corrected chi connectivity index (χ4v) is 2.59. The molecule has 0 spiro atoms. The van der Waals surface area contributed by atoms with Gasteiger partial charge in [0.1, 0.15) is 0 Å². The second-order valence-corrected chi connectivity index (χ2v) is 4.59. The Morgan fingerprint density at radius 2 is 1.39 bits per heavy atom. The molecule has 0 bridgehead atoms. The summed E-state index contributed by atoms with van der Waals surface area (Å²) in [7, 11) is 0. The number of hydrogen-bond donors (Lipinski definition) is 0. The first-order valence-corrected chi connectivity index (χ1v) is 6.12. The van der Waals surface area contributed by atoms with Crippen molar-refractivity contribution in [3.05, 3.63) is 65.1 Å². The van der Waals surface area contributed by atoms with E-state index >= 15 is 0 Å². The van der Waals surface area contributed by atoms with Crippen LogP contribution in [0.1, 0.15) is 11.1 Å². The Morgan fingerprint density at radius 3 is 1.89 bits per heavy atom. The molecule has 3 aromatic rings. The second-order valence-electron chi connectivity index (χ2n) is 4.17. The summed E-state index contributed by atoms with van der Waals surface area (Å²) in [6.07, 6.45) is 0. The van der Waals surface area contributed by atoms with Crippen molar-refractivity contribution in [1.29, 1.82) is 0 Å². The van der Waals surface area contributed by atoms with Gasteiger partial charge in [0.25, 0.3) is 0 Å². The van der Waals surface area contributed by atoms with E-state index < -0.39 is 5.50 Å². The average molecular weight is 256 g/mol. The van der Waals surface area contributed by atoms with Gasteiger partial charge in [-0.05, 0) is 32.8 Å². The van der Waals surface area contributed by atoms with Crippen molar-refractivity contribution in [2.45, 2.75) is 5.50 Å². The van der Waals surface area contributed by atoms with Crippen molar-refractivity contribution in [2.24, 2.45) is 5.18 Å². The third-order valence-corrected chi connectivity index (χ3v) is 3.44. The Kier molecular flexibility index (Phi) is 2.73. The molecule has 1 unspecified atom stereocenters. The number of rotatable bonds is 2. The number of fused-ring (bicyclic) bond motifs is 2. The first-order chi connectivity index (χ1) is 8.81. The zero-order chi connectivity index (χ0) is 12.5. The molecule has 0 aliphatic heterocycles. The molecule has 0 aromatic heterocycles. The number of hydrogen-bond acceptors (Lipinski definition) is 2. The first-order valence-electron chi connectivity index (χ1n) is 5.68. The summed E-state index contributed by atoms with van der Waals surface area (Å²) >= 11 is 6.07. The number of nitroso groups, excluding NO2 is 1. The highest BCUT2D eigenvalue weighted by atomic mass is 35.5. The van der Waals surface area contributed by atoms with Crippen LogP contribution in [0.3, 0.4) is 0 Å². The normalized spacial score (nSPS) is 12.7. The zero-order valence-corrected chi connectivity index (χ0v) is 10.3. The molecule has 3 aromatic carbocycles. The molecule has 1 atom stereocenters. The van der Waals surface area contributed by atoms with Gasteiger partial charge in [-0.25, -0.2) is 0 Å². The van der Waals surface area contributed by atoms with Crippen molar-refractivity contribution in [2.75, 3.05) is 0 Å². The average Bonchev–Trinajstić information content (AvgIpc) is 2.44. The summed E-state index contributed by atoms with van der Waals surface area (Å²) in [6, 6.07) is 17.9. The maximum absolute atomic E-state index is 10.8. The van der Waals surface area contributed by atoms with Gasteiger partial charge in [-0.1, -0.05) is 60.1 Å². The van der Waals surface area contributed by atoms with Crippen molar-refractivity contribution in [1.82, 2.24) is 0 Å². The SMILES string of the molecule is O=NC(Cl)c1c2ccccc2cc2ccccc12. The van der Waals surface area contributed by atoms with E-state index in [9.17, 15) is 4.91 Å². The molecular formula is C15H10ClNO. The molecule has 0 amide bonds. The Morgan fingerprint density at radius 1 is 0.889 bits per heavy atom. The molecule has 18 heavy (non-hydrogen) atoms. The van der Waals surface area contributed by atoms with Gasteiger partial charge in [0, 0.05) is 5.56 Å². The van der Waals surface area contributed by atoms with Crippen molar-refractivity contribution < 1.29 is 0 Å². The number of halogens is 1. The zero-order valence-electron chi connectivity index (χ0n) is 9.51. The maximum Gasteiger partial charge on any atom is 0.191 e. The lowest BCUT2D eigenvalue weighted by atomic mass is 9.97. The minimum atomic E-state index is -0.860. The van der Waals surface area contributed by atoms with Gasteiger partial charge in [0.15, 0.2) is 5.50 Å². The van der Waals surface area contributed by atoms with Crippen LogP contribution >= 0.6 is 11.6 Å². The van der Waals surface area contributed by atoms with Crippen LogP contribution in [-0.2, 0) is 0 Å². The second kappa shape index (κ2) is 4.39. The summed E-state index contributed by atoms with van der Waals surface area (Å²) < 4.78 is 0. The molecule has 2 nitrogen and oxygen atoms in total. The Balaban J connectivity index is 2.53. The third-order valence-electron chi connectivity index (χ3n) is 3.14. The molecule has 3 rings (SSSR count). The molecule has 0 heterocycles. The Hall–Kier alpha value is -1.93. The first kappa shape index (κ1) is 11.2. The maximum atomic E-state index is 10.8.